The van der Waals surface area contributed by atoms with Gasteiger partial charge in [0.1, 0.15) is 5.75 Å². The normalized spacial score (nSPS) is 10.6. The molecular weight excluding hydrogens is 224 g/mol. The van der Waals surface area contributed by atoms with Crippen molar-refractivity contribution in [2.75, 3.05) is 13.2 Å². The molecule has 0 radical (unpaired) electrons. The number of ether oxygens (including phenoxy) is 1. The molecule has 1 rings (SSSR count). The first-order valence-corrected chi connectivity index (χ1v) is 7.14. The maximum absolute atomic E-state index is 5.81. The highest BCUT2D eigenvalue weighted by Crippen LogP contribution is 2.16. The number of nitrogens with zero attached hydrogens (tertiary/aromatic N) is 1. The summed E-state index contributed by atoms with van der Waals surface area (Å²) >= 11 is 0. The highest BCUT2D eigenvalue weighted by atomic mass is 16.5. The molecule has 0 saturated carbocycles. The van der Waals surface area contributed by atoms with Crippen LogP contribution >= 0.6 is 0 Å². The molecule has 0 aromatic carbocycles. The number of hydrogen-bond acceptors (Lipinski definition) is 3. The summed E-state index contributed by atoms with van der Waals surface area (Å²) in [5.41, 5.74) is 1.19. The van der Waals surface area contributed by atoms with Gasteiger partial charge in [-0.2, -0.15) is 0 Å². The predicted octanol–water partition coefficient (Wildman–Crippen LogP) is 3.54. The second-order valence-corrected chi connectivity index (χ2v) is 4.53. The van der Waals surface area contributed by atoms with E-state index in [0.717, 1.165) is 31.9 Å². The van der Waals surface area contributed by atoms with E-state index in [1.807, 2.05) is 18.5 Å². The highest BCUT2D eigenvalue weighted by molar-refractivity contribution is 5.29. The topological polar surface area (TPSA) is 34.1 Å². The van der Waals surface area contributed by atoms with E-state index in [9.17, 15) is 0 Å². The monoisotopic (exact) mass is 250 g/mol. The summed E-state index contributed by atoms with van der Waals surface area (Å²) < 4.78 is 5.81. The predicted molar refractivity (Wildman–Crippen MR) is 75.9 cm³/mol. The number of rotatable bonds is 10. The average molecular weight is 250 g/mol. The Kier molecular flexibility index (Phi) is 8.23. The number of nitrogens with one attached hydrogen (secondary N) is 1. The van der Waals surface area contributed by atoms with E-state index in [2.05, 4.69) is 24.1 Å². The van der Waals surface area contributed by atoms with Crippen molar-refractivity contribution in [3.05, 3.63) is 24.0 Å². The number of unbranched alkanes of at least 4 members (excludes halogenated alkanes) is 4. The third kappa shape index (κ3) is 6.01. The van der Waals surface area contributed by atoms with Crippen molar-refractivity contribution < 1.29 is 4.74 Å². The van der Waals surface area contributed by atoms with Crippen molar-refractivity contribution in [3.63, 3.8) is 0 Å². The molecule has 1 heterocycles. The van der Waals surface area contributed by atoms with Gasteiger partial charge in [0.25, 0.3) is 0 Å². The Labute approximate surface area is 111 Å². The molecule has 1 aromatic heterocycles. The molecular formula is C15H26N2O. The summed E-state index contributed by atoms with van der Waals surface area (Å²) in [6.45, 7) is 6.96. The van der Waals surface area contributed by atoms with Gasteiger partial charge in [-0.1, -0.05) is 39.5 Å². The Bertz CT molecular complexity index is 315. The summed E-state index contributed by atoms with van der Waals surface area (Å²) in [6, 6.07) is 2.02. The third-order valence-electron chi connectivity index (χ3n) is 2.94. The second kappa shape index (κ2) is 9.89. The fourth-order valence-electron chi connectivity index (χ4n) is 1.83. The van der Waals surface area contributed by atoms with Gasteiger partial charge in [-0.15, -0.1) is 0 Å². The zero-order valence-corrected chi connectivity index (χ0v) is 11.7. The highest BCUT2D eigenvalue weighted by Gasteiger charge is 2.02. The van der Waals surface area contributed by atoms with Crippen LogP contribution in [0.4, 0.5) is 0 Å². The van der Waals surface area contributed by atoms with Crippen LogP contribution in [0.5, 0.6) is 5.75 Å². The van der Waals surface area contributed by atoms with Gasteiger partial charge in [-0.05, 0) is 19.0 Å². The van der Waals surface area contributed by atoms with Crippen LogP contribution in [0.1, 0.15) is 51.5 Å². The zero-order valence-electron chi connectivity index (χ0n) is 11.7. The number of aromatic nitrogens is 1. The van der Waals surface area contributed by atoms with Crippen LogP contribution in [-0.4, -0.2) is 18.1 Å². The lowest BCUT2D eigenvalue weighted by Gasteiger charge is -2.11. The van der Waals surface area contributed by atoms with Gasteiger partial charge >= 0.3 is 0 Å². The van der Waals surface area contributed by atoms with E-state index in [0.29, 0.717) is 0 Å². The second-order valence-electron chi connectivity index (χ2n) is 4.53. The lowest BCUT2D eigenvalue weighted by atomic mass is 10.2. The quantitative estimate of drug-likeness (QED) is 0.645. The van der Waals surface area contributed by atoms with E-state index < -0.39 is 0 Å². The third-order valence-corrected chi connectivity index (χ3v) is 2.94. The number of pyridine rings is 1. The van der Waals surface area contributed by atoms with Gasteiger partial charge in [0, 0.05) is 18.3 Å². The zero-order chi connectivity index (χ0) is 13.1. The Morgan fingerprint density at radius 1 is 1.17 bits per heavy atom. The molecule has 0 bridgehead atoms. The van der Waals surface area contributed by atoms with E-state index in [-0.39, 0.29) is 0 Å². The van der Waals surface area contributed by atoms with Crippen LogP contribution in [-0.2, 0) is 6.54 Å². The Morgan fingerprint density at radius 3 is 2.78 bits per heavy atom. The fourth-order valence-corrected chi connectivity index (χ4v) is 1.83. The Morgan fingerprint density at radius 2 is 2.00 bits per heavy atom. The molecule has 18 heavy (non-hydrogen) atoms. The maximum atomic E-state index is 5.81. The van der Waals surface area contributed by atoms with Crippen LogP contribution in [0.2, 0.25) is 0 Å². The molecule has 1 aromatic rings. The van der Waals surface area contributed by atoms with Crippen LogP contribution < -0.4 is 10.1 Å². The minimum atomic E-state index is 0.800. The summed E-state index contributed by atoms with van der Waals surface area (Å²) in [5.74, 6) is 0.925. The van der Waals surface area contributed by atoms with E-state index in [1.54, 1.807) is 0 Å². The maximum Gasteiger partial charge on any atom is 0.142 e. The van der Waals surface area contributed by atoms with Crippen molar-refractivity contribution in [2.45, 2.75) is 52.5 Å². The molecule has 0 amide bonds. The molecule has 0 spiro atoms. The van der Waals surface area contributed by atoms with Crippen LogP contribution in [0, 0.1) is 0 Å². The molecule has 0 unspecified atom stereocenters. The molecule has 0 aliphatic carbocycles. The molecule has 0 saturated heterocycles. The minimum absolute atomic E-state index is 0.800. The molecule has 0 fully saturated rings. The van der Waals surface area contributed by atoms with Crippen LogP contribution in [0.3, 0.4) is 0 Å². The lowest BCUT2D eigenvalue weighted by molar-refractivity contribution is 0.300. The van der Waals surface area contributed by atoms with E-state index in [1.165, 1.54) is 31.2 Å². The van der Waals surface area contributed by atoms with E-state index in [4.69, 9.17) is 4.74 Å². The van der Waals surface area contributed by atoms with Crippen molar-refractivity contribution in [1.82, 2.24) is 10.3 Å². The Hall–Kier alpha value is -1.09. The number of hydrogen-bond donors (Lipinski definition) is 1. The van der Waals surface area contributed by atoms with Gasteiger partial charge in [0.05, 0.1) is 12.8 Å². The van der Waals surface area contributed by atoms with Crippen molar-refractivity contribution in [1.29, 1.82) is 0 Å². The smallest absolute Gasteiger partial charge is 0.142 e. The minimum Gasteiger partial charge on any atom is -0.492 e. The molecule has 0 atom stereocenters. The summed E-state index contributed by atoms with van der Waals surface area (Å²) in [7, 11) is 0. The van der Waals surface area contributed by atoms with Gasteiger partial charge in [0.2, 0.25) is 0 Å². The summed E-state index contributed by atoms with van der Waals surface area (Å²) in [6.07, 6.45) is 9.97. The lowest BCUT2D eigenvalue weighted by Crippen LogP contribution is -2.13. The molecule has 3 nitrogen and oxygen atoms in total. The van der Waals surface area contributed by atoms with Crippen molar-refractivity contribution >= 4 is 0 Å². The van der Waals surface area contributed by atoms with Crippen LogP contribution in [0.15, 0.2) is 18.5 Å². The first-order valence-electron chi connectivity index (χ1n) is 7.14. The van der Waals surface area contributed by atoms with Crippen molar-refractivity contribution in [3.8, 4) is 5.75 Å². The fraction of sp³-hybridized carbons (Fsp3) is 0.667. The van der Waals surface area contributed by atoms with Gasteiger partial charge in [-0.3, -0.25) is 4.98 Å². The molecule has 3 heteroatoms. The van der Waals surface area contributed by atoms with Gasteiger partial charge in [-0.25, -0.2) is 0 Å². The average Bonchev–Trinajstić information content (AvgIpc) is 2.41. The first-order chi connectivity index (χ1) is 8.88. The summed E-state index contributed by atoms with van der Waals surface area (Å²) in [4.78, 5) is 4.13. The molecule has 0 aliphatic rings. The standard InChI is InChI=1S/C15H26N2O/c1-3-5-6-7-8-11-18-15-13-17-10-9-14(15)12-16-4-2/h9-10,13,16H,3-8,11-12H2,1-2H3. The van der Waals surface area contributed by atoms with Crippen molar-refractivity contribution in [2.24, 2.45) is 0 Å². The van der Waals surface area contributed by atoms with Gasteiger partial charge in [0.15, 0.2) is 0 Å². The molecule has 0 aliphatic heterocycles. The largest absolute Gasteiger partial charge is 0.492 e. The summed E-state index contributed by atoms with van der Waals surface area (Å²) in [5, 5.41) is 3.32. The Balaban J connectivity index is 2.27. The molecule has 102 valence electrons. The van der Waals surface area contributed by atoms with Gasteiger partial charge < -0.3 is 10.1 Å². The van der Waals surface area contributed by atoms with E-state index >= 15 is 0 Å². The first kappa shape index (κ1) is 15.0. The van der Waals surface area contributed by atoms with Crippen LogP contribution in [0.25, 0.3) is 0 Å². The molecule has 1 N–H and O–H groups in total. The SMILES string of the molecule is CCCCCCCOc1cnccc1CNCC.